The summed E-state index contributed by atoms with van der Waals surface area (Å²) >= 11 is 7.46. The van der Waals surface area contributed by atoms with Crippen LogP contribution < -0.4 is 5.32 Å². The monoisotopic (exact) mass is 386 g/mol. The van der Waals surface area contributed by atoms with Crippen molar-refractivity contribution in [2.75, 3.05) is 5.32 Å². The first-order valence-electron chi connectivity index (χ1n) is 8.15. The molecule has 0 bridgehead atoms. The van der Waals surface area contributed by atoms with E-state index in [-0.39, 0.29) is 11.2 Å². The molecule has 1 heterocycles. The predicted molar refractivity (Wildman–Crippen MR) is 107 cm³/mol. The Kier molecular flexibility index (Phi) is 5.64. The number of nitrogens with one attached hydrogen (secondary N) is 1. The van der Waals surface area contributed by atoms with E-state index in [1.807, 2.05) is 61.9 Å². The third-order valence-electron chi connectivity index (χ3n) is 4.00. The lowest BCUT2D eigenvalue weighted by atomic mass is 10.1. The molecule has 0 saturated carbocycles. The topological polar surface area (TPSA) is 59.8 Å². The molecule has 0 fully saturated rings. The molecule has 0 aliphatic carbocycles. The van der Waals surface area contributed by atoms with E-state index in [1.165, 1.54) is 11.8 Å². The van der Waals surface area contributed by atoms with Gasteiger partial charge in [-0.1, -0.05) is 59.8 Å². The summed E-state index contributed by atoms with van der Waals surface area (Å²) in [5.41, 5.74) is 2.76. The lowest BCUT2D eigenvalue weighted by Gasteiger charge is -2.12. The number of rotatable bonds is 5. The zero-order valence-electron chi connectivity index (χ0n) is 14.7. The summed E-state index contributed by atoms with van der Waals surface area (Å²) in [6, 6.07) is 15.2. The van der Waals surface area contributed by atoms with Crippen molar-refractivity contribution in [3.63, 3.8) is 0 Å². The van der Waals surface area contributed by atoms with Crippen molar-refractivity contribution in [1.82, 2.24) is 14.8 Å². The standard InChI is InChI=1S/C19H19ClN4OS/c1-12-8-4-5-9-14(12)17-22-23-19(24(17)3)26-13(2)18(25)21-16-11-7-6-10-15(16)20/h4-11,13H,1-3H3,(H,21,25)/t13-/m1/s1. The molecule has 0 unspecified atom stereocenters. The van der Waals surface area contributed by atoms with Gasteiger partial charge in [-0.15, -0.1) is 10.2 Å². The Morgan fingerprint density at radius 2 is 1.85 bits per heavy atom. The maximum atomic E-state index is 12.5. The predicted octanol–water partition coefficient (Wildman–Crippen LogP) is 4.56. The fourth-order valence-electron chi connectivity index (χ4n) is 2.48. The van der Waals surface area contributed by atoms with E-state index in [9.17, 15) is 4.79 Å². The Morgan fingerprint density at radius 1 is 1.15 bits per heavy atom. The highest BCUT2D eigenvalue weighted by Gasteiger charge is 2.20. The van der Waals surface area contributed by atoms with E-state index in [4.69, 9.17) is 11.6 Å². The van der Waals surface area contributed by atoms with E-state index in [2.05, 4.69) is 15.5 Å². The molecule has 1 N–H and O–H groups in total. The summed E-state index contributed by atoms with van der Waals surface area (Å²) in [7, 11) is 1.91. The van der Waals surface area contributed by atoms with Gasteiger partial charge in [0.05, 0.1) is 16.0 Å². The normalized spacial score (nSPS) is 12.0. The van der Waals surface area contributed by atoms with Gasteiger partial charge in [0.25, 0.3) is 0 Å². The second-order valence-electron chi connectivity index (χ2n) is 5.91. The third-order valence-corrected chi connectivity index (χ3v) is 5.47. The van der Waals surface area contributed by atoms with Crippen LogP contribution in [-0.4, -0.2) is 25.9 Å². The number of anilines is 1. The molecule has 0 aliphatic heterocycles. The molecule has 0 radical (unpaired) electrons. The molecule has 0 spiro atoms. The van der Waals surface area contributed by atoms with E-state index in [1.54, 1.807) is 12.1 Å². The summed E-state index contributed by atoms with van der Waals surface area (Å²) in [6.07, 6.45) is 0. The number of carbonyl (C=O) groups excluding carboxylic acids is 1. The number of thioether (sulfide) groups is 1. The lowest BCUT2D eigenvalue weighted by Crippen LogP contribution is -2.23. The van der Waals surface area contributed by atoms with Crippen molar-refractivity contribution in [2.45, 2.75) is 24.3 Å². The minimum Gasteiger partial charge on any atom is -0.324 e. The van der Waals surface area contributed by atoms with Gasteiger partial charge in [-0.05, 0) is 31.5 Å². The van der Waals surface area contributed by atoms with Gasteiger partial charge in [-0.25, -0.2) is 0 Å². The molecular weight excluding hydrogens is 368 g/mol. The number of para-hydroxylation sites is 1. The van der Waals surface area contributed by atoms with Gasteiger partial charge >= 0.3 is 0 Å². The van der Waals surface area contributed by atoms with Crippen LogP contribution in [0.4, 0.5) is 5.69 Å². The largest absolute Gasteiger partial charge is 0.324 e. The number of amides is 1. The summed E-state index contributed by atoms with van der Waals surface area (Å²) in [4.78, 5) is 12.5. The van der Waals surface area contributed by atoms with Crippen LogP contribution in [0.5, 0.6) is 0 Å². The van der Waals surface area contributed by atoms with E-state index in [0.717, 1.165) is 17.0 Å². The van der Waals surface area contributed by atoms with Crippen molar-refractivity contribution >= 4 is 35.0 Å². The van der Waals surface area contributed by atoms with Crippen LogP contribution in [0.2, 0.25) is 5.02 Å². The maximum Gasteiger partial charge on any atom is 0.237 e. The van der Waals surface area contributed by atoms with Crippen LogP contribution in [-0.2, 0) is 11.8 Å². The van der Waals surface area contributed by atoms with Crippen LogP contribution in [0.1, 0.15) is 12.5 Å². The first-order valence-corrected chi connectivity index (χ1v) is 9.40. The molecule has 134 valence electrons. The molecule has 0 aliphatic rings. The van der Waals surface area contributed by atoms with Crippen LogP contribution >= 0.6 is 23.4 Å². The lowest BCUT2D eigenvalue weighted by molar-refractivity contribution is -0.115. The second kappa shape index (κ2) is 7.93. The minimum atomic E-state index is -0.348. The molecule has 1 atom stereocenters. The zero-order chi connectivity index (χ0) is 18.7. The maximum absolute atomic E-state index is 12.5. The van der Waals surface area contributed by atoms with Crippen LogP contribution in [0.15, 0.2) is 53.7 Å². The number of halogens is 1. The molecule has 2 aromatic carbocycles. The Balaban J connectivity index is 1.74. The fraction of sp³-hybridized carbons (Fsp3) is 0.211. The van der Waals surface area contributed by atoms with Crippen molar-refractivity contribution in [3.05, 3.63) is 59.1 Å². The van der Waals surface area contributed by atoms with Gasteiger partial charge in [0.2, 0.25) is 5.91 Å². The van der Waals surface area contributed by atoms with Crippen molar-refractivity contribution in [1.29, 1.82) is 0 Å². The highest BCUT2D eigenvalue weighted by Crippen LogP contribution is 2.28. The van der Waals surface area contributed by atoms with Crippen molar-refractivity contribution in [3.8, 4) is 11.4 Å². The summed E-state index contributed by atoms with van der Waals surface area (Å²) < 4.78 is 1.91. The molecule has 1 aromatic heterocycles. The number of nitrogens with zero attached hydrogens (tertiary/aromatic N) is 3. The number of hydrogen-bond donors (Lipinski definition) is 1. The molecule has 0 saturated heterocycles. The average molecular weight is 387 g/mol. The smallest absolute Gasteiger partial charge is 0.237 e. The quantitative estimate of drug-likeness (QED) is 0.653. The van der Waals surface area contributed by atoms with Crippen molar-refractivity contribution < 1.29 is 4.79 Å². The average Bonchev–Trinajstić information content (AvgIpc) is 2.98. The number of aryl methyl sites for hydroxylation is 1. The molecule has 3 aromatic rings. The molecule has 3 rings (SSSR count). The fourth-order valence-corrected chi connectivity index (χ4v) is 3.48. The molecule has 5 nitrogen and oxygen atoms in total. The summed E-state index contributed by atoms with van der Waals surface area (Å²) in [6.45, 7) is 3.87. The number of hydrogen-bond acceptors (Lipinski definition) is 4. The first kappa shape index (κ1) is 18.5. The molecule has 7 heteroatoms. The van der Waals surface area contributed by atoms with E-state index < -0.39 is 0 Å². The Labute approximate surface area is 161 Å². The Morgan fingerprint density at radius 3 is 2.58 bits per heavy atom. The Bertz CT molecular complexity index is 941. The molecule has 1 amide bonds. The number of aromatic nitrogens is 3. The van der Waals surface area contributed by atoms with Gasteiger partial charge < -0.3 is 9.88 Å². The van der Waals surface area contributed by atoms with Gasteiger partial charge in [0.1, 0.15) is 0 Å². The van der Waals surface area contributed by atoms with Crippen LogP contribution in [0.25, 0.3) is 11.4 Å². The van der Waals surface area contributed by atoms with Gasteiger partial charge in [0, 0.05) is 12.6 Å². The van der Waals surface area contributed by atoms with Gasteiger partial charge in [0.15, 0.2) is 11.0 Å². The number of benzene rings is 2. The van der Waals surface area contributed by atoms with Crippen LogP contribution in [0.3, 0.4) is 0 Å². The van der Waals surface area contributed by atoms with Gasteiger partial charge in [-0.3, -0.25) is 4.79 Å². The highest BCUT2D eigenvalue weighted by atomic mass is 35.5. The first-order chi connectivity index (χ1) is 12.5. The SMILES string of the molecule is Cc1ccccc1-c1nnc(S[C@H](C)C(=O)Nc2ccccc2Cl)n1C. The molecule has 26 heavy (non-hydrogen) atoms. The van der Waals surface area contributed by atoms with E-state index >= 15 is 0 Å². The second-order valence-corrected chi connectivity index (χ2v) is 7.62. The third kappa shape index (κ3) is 3.92. The number of carbonyl (C=O) groups is 1. The summed E-state index contributed by atoms with van der Waals surface area (Å²) in [5, 5.41) is 12.2. The van der Waals surface area contributed by atoms with Gasteiger partial charge in [-0.2, -0.15) is 0 Å². The molecular formula is C19H19ClN4OS. The van der Waals surface area contributed by atoms with Crippen LogP contribution in [0, 0.1) is 6.92 Å². The highest BCUT2D eigenvalue weighted by molar-refractivity contribution is 8.00. The van der Waals surface area contributed by atoms with E-state index in [0.29, 0.717) is 15.9 Å². The summed E-state index contributed by atoms with van der Waals surface area (Å²) in [5.74, 6) is 0.646. The zero-order valence-corrected chi connectivity index (χ0v) is 16.3. The van der Waals surface area contributed by atoms with Crippen molar-refractivity contribution in [2.24, 2.45) is 7.05 Å². The minimum absolute atomic E-state index is 0.136. The Hall–Kier alpha value is -2.31.